The molecular formula is C9H18O4S. The third kappa shape index (κ3) is 2.46. The number of sulfone groups is 1. The lowest BCUT2D eigenvalue weighted by Crippen LogP contribution is -2.32. The standard InChI is InChI=1S/C9H18O4S/c1-3-8(10)6(2)7-4-14(12,13)5-9(7)11/h6-11H,3-5H2,1-2H3. The first-order valence-electron chi connectivity index (χ1n) is 4.94. The van der Waals surface area contributed by atoms with Crippen LogP contribution in [0.4, 0.5) is 0 Å². The highest BCUT2D eigenvalue weighted by Gasteiger charge is 2.41. The van der Waals surface area contributed by atoms with Crippen molar-refractivity contribution < 1.29 is 18.6 Å². The van der Waals surface area contributed by atoms with Crippen LogP contribution in [0.5, 0.6) is 0 Å². The van der Waals surface area contributed by atoms with Crippen LogP contribution < -0.4 is 0 Å². The maximum atomic E-state index is 11.2. The zero-order valence-electron chi connectivity index (χ0n) is 8.55. The lowest BCUT2D eigenvalue weighted by Gasteiger charge is -2.25. The zero-order valence-corrected chi connectivity index (χ0v) is 9.37. The summed E-state index contributed by atoms with van der Waals surface area (Å²) in [6, 6.07) is 0. The Labute approximate surface area is 84.9 Å². The van der Waals surface area contributed by atoms with Gasteiger partial charge in [0.2, 0.25) is 0 Å². The van der Waals surface area contributed by atoms with Gasteiger partial charge in [0.15, 0.2) is 9.84 Å². The summed E-state index contributed by atoms with van der Waals surface area (Å²) in [5.74, 6) is -0.618. The van der Waals surface area contributed by atoms with E-state index in [9.17, 15) is 18.6 Å². The summed E-state index contributed by atoms with van der Waals surface area (Å²) in [5.41, 5.74) is 0. The number of aliphatic hydroxyl groups is 2. The Balaban J connectivity index is 2.71. The van der Waals surface area contributed by atoms with Gasteiger partial charge in [-0.15, -0.1) is 0 Å². The molecule has 4 atom stereocenters. The van der Waals surface area contributed by atoms with E-state index in [0.717, 1.165) is 0 Å². The largest absolute Gasteiger partial charge is 0.393 e. The summed E-state index contributed by atoms with van der Waals surface area (Å²) in [6.45, 7) is 3.64. The van der Waals surface area contributed by atoms with Gasteiger partial charge in [-0.2, -0.15) is 0 Å². The number of hydrogen-bond acceptors (Lipinski definition) is 4. The van der Waals surface area contributed by atoms with E-state index < -0.39 is 22.0 Å². The molecule has 0 saturated carbocycles. The van der Waals surface area contributed by atoms with Gasteiger partial charge in [0.1, 0.15) is 0 Å². The van der Waals surface area contributed by atoms with E-state index in [0.29, 0.717) is 6.42 Å². The maximum Gasteiger partial charge on any atom is 0.153 e. The van der Waals surface area contributed by atoms with Crippen LogP contribution in [0.15, 0.2) is 0 Å². The molecular weight excluding hydrogens is 204 g/mol. The quantitative estimate of drug-likeness (QED) is 0.693. The van der Waals surface area contributed by atoms with E-state index >= 15 is 0 Å². The van der Waals surface area contributed by atoms with Crippen LogP contribution in [-0.2, 0) is 9.84 Å². The Morgan fingerprint density at radius 3 is 2.36 bits per heavy atom. The SMILES string of the molecule is CCC(O)C(C)C1CS(=O)(=O)CC1O. The highest BCUT2D eigenvalue weighted by molar-refractivity contribution is 7.91. The molecule has 0 aromatic heterocycles. The summed E-state index contributed by atoms with van der Waals surface area (Å²) in [4.78, 5) is 0. The first kappa shape index (κ1) is 11.9. The molecule has 0 bridgehead atoms. The van der Waals surface area contributed by atoms with Crippen molar-refractivity contribution in [1.29, 1.82) is 0 Å². The molecule has 14 heavy (non-hydrogen) atoms. The minimum absolute atomic E-state index is 0.00634. The molecule has 1 heterocycles. The average Bonchev–Trinajstić information content (AvgIpc) is 2.37. The van der Waals surface area contributed by atoms with Gasteiger partial charge in [-0.3, -0.25) is 0 Å². The van der Waals surface area contributed by atoms with E-state index in [2.05, 4.69) is 0 Å². The monoisotopic (exact) mass is 222 g/mol. The lowest BCUT2D eigenvalue weighted by atomic mass is 9.86. The molecule has 5 heteroatoms. The minimum atomic E-state index is -3.09. The maximum absolute atomic E-state index is 11.2. The third-order valence-electron chi connectivity index (χ3n) is 3.07. The molecule has 4 unspecified atom stereocenters. The predicted molar refractivity (Wildman–Crippen MR) is 53.6 cm³/mol. The highest BCUT2D eigenvalue weighted by atomic mass is 32.2. The van der Waals surface area contributed by atoms with Gasteiger partial charge < -0.3 is 10.2 Å². The molecule has 0 spiro atoms. The fourth-order valence-electron chi connectivity index (χ4n) is 2.02. The summed E-state index contributed by atoms with van der Waals surface area (Å²) in [6.07, 6.45) is -0.746. The summed E-state index contributed by atoms with van der Waals surface area (Å²) in [5, 5.41) is 19.1. The Hall–Kier alpha value is -0.130. The smallest absolute Gasteiger partial charge is 0.153 e. The molecule has 0 aromatic rings. The molecule has 4 nitrogen and oxygen atoms in total. The third-order valence-corrected chi connectivity index (χ3v) is 4.81. The van der Waals surface area contributed by atoms with Crippen LogP contribution in [-0.4, -0.2) is 42.3 Å². The van der Waals surface area contributed by atoms with Crippen LogP contribution >= 0.6 is 0 Å². The second-order valence-corrected chi connectivity index (χ2v) is 6.30. The van der Waals surface area contributed by atoms with Gasteiger partial charge in [0.05, 0.1) is 23.7 Å². The molecule has 1 aliphatic rings. The van der Waals surface area contributed by atoms with Crippen molar-refractivity contribution in [2.45, 2.75) is 32.5 Å². The van der Waals surface area contributed by atoms with Crippen molar-refractivity contribution in [2.24, 2.45) is 11.8 Å². The van der Waals surface area contributed by atoms with Crippen molar-refractivity contribution in [2.75, 3.05) is 11.5 Å². The summed E-state index contributed by atoms with van der Waals surface area (Å²) < 4.78 is 22.5. The predicted octanol–water partition coefficient (Wildman–Crippen LogP) is -0.201. The van der Waals surface area contributed by atoms with Crippen molar-refractivity contribution in [3.05, 3.63) is 0 Å². The van der Waals surface area contributed by atoms with Crippen LogP contribution in [0.2, 0.25) is 0 Å². The molecule has 2 N–H and O–H groups in total. The molecule has 0 aliphatic carbocycles. The van der Waals surface area contributed by atoms with Gasteiger partial charge >= 0.3 is 0 Å². The van der Waals surface area contributed by atoms with Crippen molar-refractivity contribution in [1.82, 2.24) is 0 Å². The Morgan fingerprint density at radius 1 is 1.43 bits per heavy atom. The first-order valence-corrected chi connectivity index (χ1v) is 6.76. The summed E-state index contributed by atoms with van der Waals surface area (Å²) >= 11 is 0. The number of hydrogen-bond donors (Lipinski definition) is 2. The van der Waals surface area contributed by atoms with Crippen molar-refractivity contribution in [3.63, 3.8) is 0 Å². The Kier molecular flexibility index (Phi) is 3.55. The fourth-order valence-corrected chi connectivity index (χ4v) is 4.03. The van der Waals surface area contributed by atoms with Crippen molar-refractivity contribution >= 4 is 9.84 Å². The minimum Gasteiger partial charge on any atom is -0.393 e. The molecule has 0 amide bonds. The van der Waals surface area contributed by atoms with Crippen LogP contribution in [0.25, 0.3) is 0 Å². The average molecular weight is 222 g/mol. The second kappa shape index (κ2) is 4.16. The lowest BCUT2D eigenvalue weighted by molar-refractivity contribution is 0.0375. The van der Waals surface area contributed by atoms with E-state index in [1.54, 1.807) is 6.92 Å². The van der Waals surface area contributed by atoms with E-state index in [1.165, 1.54) is 0 Å². The molecule has 0 aromatic carbocycles. The van der Waals surface area contributed by atoms with Gasteiger partial charge in [0, 0.05) is 5.92 Å². The fraction of sp³-hybridized carbons (Fsp3) is 1.00. The highest BCUT2D eigenvalue weighted by Crippen LogP contribution is 2.29. The number of aliphatic hydroxyl groups excluding tert-OH is 2. The molecule has 1 saturated heterocycles. The van der Waals surface area contributed by atoms with Crippen LogP contribution in [0, 0.1) is 11.8 Å². The first-order chi connectivity index (χ1) is 6.37. The molecule has 1 aliphatic heterocycles. The molecule has 1 fully saturated rings. The zero-order chi connectivity index (χ0) is 10.9. The van der Waals surface area contributed by atoms with Gasteiger partial charge in [0.25, 0.3) is 0 Å². The topological polar surface area (TPSA) is 74.6 Å². The van der Waals surface area contributed by atoms with E-state index in [-0.39, 0.29) is 23.3 Å². The van der Waals surface area contributed by atoms with Crippen LogP contribution in [0.1, 0.15) is 20.3 Å². The second-order valence-electron chi connectivity index (χ2n) is 4.14. The van der Waals surface area contributed by atoms with Gasteiger partial charge in [-0.1, -0.05) is 13.8 Å². The van der Waals surface area contributed by atoms with E-state index in [1.807, 2.05) is 6.92 Å². The molecule has 1 rings (SSSR count). The normalized spacial score (nSPS) is 35.4. The van der Waals surface area contributed by atoms with Gasteiger partial charge in [-0.25, -0.2) is 8.42 Å². The number of rotatable bonds is 3. The molecule has 84 valence electrons. The van der Waals surface area contributed by atoms with E-state index in [4.69, 9.17) is 0 Å². The Morgan fingerprint density at radius 2 is 2.00 bits per heavy atom. The van der Waals surface area contributed by atoms with Crippen molar-refractivity contribution in [3.8, 4) is 0 Å². The van der Waals surface area contributed by atoms with Crippen LogP contribution in [0.3, 0.4) is 0 Å². The summed E-state index contributed by atoms with van der Waals surface area (Å²) in [7, 11) is -3.09. The van der Waals surface area contributed by atoms with Gasteiger partial charge in [-0.05, 0) is 12.3 Å². The Bertz CT molecular complexity index is 285. The molecule has 0 radical (unpaired) electrons.